The fourth-order valence-corrected chi connectivity index (χ4v) is 3.50. The van der Waals surface area contributed by atoms with Crippen molar-refractivity contribution in [2.75, 3.05) is 6.54 Å². The van der Waals surface area contributed by atoms with Gasteiger partial charge >= 0.3 is 6.09 Å². The Labute approximate surface area is 128 Å². The van der Waals surface area contributed by atoms with Gasteiger partial charge in [0.15, 0.2) is 0 Å². The van der Waals surface area contributed by atoms with E-state index in [0.717, 1.165) is 25.3 Å². The van der Waals surface area contributed by atoms with E-state index in [0.29, 0.717) is 11.5 Å². The number of nitrogens with one attached hydrogen (secondary N) is 1. The van der Waals surface area contributed by atoms with Crippen LogP contribution in [0.1, 0.15) is 59.3 Å². The van der Waals surface area contributed by atoms with Gasteiger partial charge in [-0.2, -0.15) is 0 Å². The van der Waals surface area contributed by atoms with Crippen molar-refractivity contribution in [3.63, 3.8) is 0 Å². The second kappa shape index (κ2) is 6.52. The molecule has 1 amide bonds. The van der Waals surface area contributed by atoms with Crippen LogP contribution in [0.4, 0.5) is 4.79 Å². The van der Waals surface area contributed by atoms with Crippen LogP contribution in [0.15, 0.2) is 0 Å². The zero-order chi connectivity index (χ0) is 14.1. The summed E-state index contributed by atoms with van der Waals surface area (Å²) in [7, 11) is 0. The fourth-order valence-electron chi connectivity index (χ4n) is 3.50. The third-order valence-electron chi connectivity index (χ3n) is 4.58. The molecule has 0 heterocycles. The lowest BCUT2D eigenvalue weighted by Crippen LogP contribution is -2.53. The number of halogens is 1. The summed E-state index contributed by atoms with van der Waals surface area (Å²) in [5.41, 5.74) is 5.81. The number of amides is 1. The molecule has 2 fully saturated rings. The minimum atomic E-state index is -0.412. The SMILES string of the molecule is CC(C)(C)OC(=O)NC1CC2(CCC(CN)CC2)C1.Cl. The number of rotatable bonds is 2. The maximum atomic E-state index is 11.7. The molecule has 0 atom stereocenters. The Morgan fingerprint density at radius 1 is 1.30 bits per heavy atom. The highest BCUT2D eigenvalue weighted by atomic mass is 35.5. The van der Waals surface area contributed by atoms with E-state index in [9.17, 15) is 4.79 Å². The van der Waals surface area contributed by atoms with Crippen LogP contribution in [-0.2, 0) is 4.74 Å². The molecule has 2 aliphatic rings. The predicted octanol–water partition coefficient (Wildman–Crippen LogP) is 3.23. The first-order valence-corrected chi connectivity index (χ1v) is 7.51. The lowest BCUT2D eigenvalue weighted by atomic mass is 9.57. The third kappa shape index (κ3) is 4.52. The standard InChI is InChI=1S/C15H28N2O2.ClH/c1-14(2,3)19-13(18)17-12-8-15(9-12)6-4-11(10-16)5-7-15;/h11-12H,4-10,16H2,1-3H3,(H,17,18);1H. The molecule has 0 aromatic heterocycles. The molecule has 2 rings (SSSR count). The summed E-state index contributed by atoms with van der Waals surface area (Å²) in [6.07, 6.45) is 7.03. The number of nitrogens with two attached hydrogens (primary N) is 1. The number of hydrogen-bond acceptors (Lipinski definition) is 3. The van der Waals surface area contributed by atoms with Gasteiger partial charge in [-0.05, 0) is 77.2 Å². The Morgan fingerprint density at radius 3 is 2.30 bits per heavy atom. The number of alkyl carbamates (subject to hydrolysis) is 1. The first-order chi connectivity index (χ1) is 8.82. The average Bonchev–Trinajstić information content (AvgIpc) is 2.25. The van der Waals surface area contributed by atoms with Crippen molar-refractivity contribution in [3.8, 4) is 0 Å². The number of ether oxygens (including phenoxy) is 1. The van der Waals surface area contributed by atoms with Gasteiger partial charge in [-0.3, -0.25) is 0 Å². The van der Waals surface area contributed by atoms with Crippen molar-refractivity contribution in [2.45, 2.75) is 70.9 Å². The average molecular weight is 305 g/mol. The Hall–Kier alpha value is -0.480. The molecule has 4 nitrogen and oxygen atoms in total. The molecule has 2 saturated carbocycles. The van der Waals surface area contributed by atoms with E-state index in [4.69, 9.17) is 10.5 Å². The minimum absolute atomic E-state index is 0. The smallest absolute Gasteiger partial charge is 0.407 e. The second-order valence-corrected chi connectivity index (χ2v) is 7.43. The molecule has 0 unspecified atom stereocenters. The van der Waals surface area contributed by atoms with E-state index >= 15 is 0 Å². The Morgan fingerprint density at radius 2 is 1.85 bits per heavy atom. The molecule has 2 aliphatic carbocycles. The molecular weight excluding hydrogens is 276 g/mol. The van der Waals surface area contributed by atoms with Gasteiger partial charge in [-0.15, -0.1) is 12.4 Å². The summed E-state index contributed by atoms with van der Waals surface area (Å²) >= 11 is 0. The lowest BCUT2D eigenvalue weighted by Gasteiger charge is -2.51. The largest absolute Gasteiger partial charge is 0.444 e. The van der Waals surface area contributed by atoms with E-state index in [2.05, 4.69) is 5.32 Å². The third-order valence-corrected chi connectivity index (χ3v) is 4.58. The maximum absolute atomic E-state index is 11.7. The first kappa shape index (κ1) is 17.6. The zero-order valence-electron chi connectivity index (χ0n) is 12.9. The highest BCUT2D eigenvalue weighted by Crippen LogP contribution is 2.52. The Bertz CT molecular complexity index is 325. The van der Waals surface area contributed by atoms with Gasteiger partial charge in [0, 0.05) is 6.04 Å². The topological polar surface area (TPSA) is 64.3 Å². The minimum Gasteiger partial charge on any atom is -0.444 e. The molecule has 0 bridgehead atoms. The van der Waals surface area contributed by atoms with Gasteiger partial charge in [0.25, 0.3) is 0 Å². The number of carbonyl (C=O) groups excluding carboxylic acids is 1. The highest BCUT2D eigenvalue weighted by Gasteiger charge is 2.46. The van der Waals surface area contributed by atoms with Crippen LogP contribution < -0.4 is 11.1 Å². The van der Waals surface area contributed by atoms with Gasteiger partial charge in [0.05, 0.1) is 0 Å². The quantitative estimate of drug-likeness (QED) is 0.823. The van der Waals surface area contributed by atoms with Crippen LogP contribution in [0.25, 0.3) is 0 Å². The Kier molecular flexibility index (Phi) is 5.73. The summed E-state index contributed by atoms with van der Waals surface area (Å²) in [4.78, 5) is 11.7. The Balaban J connectivity index is 0.00000200. The molecule has 3 N–H and O–H groups in total. The van der Waals surface area contributed by atoms with Crippen LogP contribution >= 0.6 is 12.4 Å². The fraction of sp³-hybridized carbons (Fsp3) is 0.933. The molecule has 118 valence electrons. The maximum Gasteiger partial charge on any atom is 0.407 e. The summed E-state index contributed by atoms with van der Waals surface area (Å²) < 4.78 is 5.29. The predicted molar refractivity (Wildman–Crippen MR) is 83.1 cm³/mol. The summed E-state index contributed by atoms with van der Waals surface area (Å²) in [6, 6.07) is 0.310. The molecular formula is C15H29ClN2O2. The van der Waals surface area contributed by atoms with Crippen molar-refractivity contribution in [1.29, 1.82) is 0 Å². The van der Waals surface area contributed by atoms with Crippen molar-refractivity contribution in [1.82, 2.24) is 5.32 Å². The van der Waals surface area contributed by atoms with Crippen LogP contribution in [-0.4, -0.2) is 24.3 Å². The van der Waals surface area contributed by atoms with E-state index in [1.165, 1.54) is 25.7 Å². The lowest BCUT2D eigenvalue weighted by molar-refractivity contribution is 0.00887. The van der Waals surface area contributed by atoms with Gasteiger partial charge in [-0.25, -0.2) is 4.79 Å². The molecule has 1 spiro atoms. The summed E-state index contributed by atoms with van der Waals surface area (Å²) in [5, 5.41) is 2.98. The van der Waals surface area contributed by atoms with Crippen LogP contribution in [0.3, 0.4) is 0 Å². The van der Waals surface area contributed by atoms with E-state index < -0.39 is 5.60 Å². The van der Waals surface area contributed by atoms with E-state index in [1.807, 2.05) is 20.8 Å². The molecule has 0 radical (unpaired) electrons. The van der Waals surface area contributed by atoms with Crippen molar-refractivity contribution < 1.29 is 9.53 Å². The molecule has 20 heavy (non-hydrogen) atoms. The van der Waals surface area contributed by atoms with Crippen LogP contribution in [0.2, 0.25) is 0 Å². The molecule has 5 heteroatoms. The molecule has 0 saturated heterocycles. The second-order valence-electron chi connectivity index (χ2n) is 7.43. The van der Waals surface area contributed by atoms with E-state index in [-0.39, 0.29) is 18.5 Å². The van der Waals surface area contributed by atoms with Gasteiger partial charge in [0.1, 0.15) is 5.60 Å². The molecule has 0 aliphatic heterocycles. The van der Waals surface area contributed by atoms with Crippen molar-refractivity contribution in [2.24, 2.45) is 17.1 Å². The zero-order valence-corrected chi connectivity index (χ0v) is 13.7. The summed E-state index contributed by atoms with van der Waals surface area (Å²) in [5.74, 6) is 0.725. The number of carbonyl (C=O) groups is 1. The normalized spacial score (nSPS) is 33.0. The van der Waals surface area contributed by atoms with Crippen molar-refractivity contribution in [3.05, 3.63) is 0 Å². The molecule has 0 aromatic rings. The molecule has 0 aromatic carbocycles. The van der Waals surface area contributed by atoms with Crippen LogP contribution in [0.5, 0.6) is 0 Å². The van der Waals surface area contributed by atoms with Gasteiger partial charge in [-0.1, -0.05) is 0 Å². The highest BCUT2D eigenvalue weighted by molar-refractivity contribution is 5.85. The monoisotopic (exact) mass is 304 g/mol. The first-order valence-electron chi connectivity index (χ1n) is 7.51. The van der Waals surface area contributed by atoms with Gasteiger partial charge < -0.3 is 15.8 Å². The van der Waals surface area contributed by atoms with Crippen LogP contribution in [0, 0.1) is 11.3 Å². The van der Waals surface area contributed by atoms with Crippen molar-refractivity contribution >= 4 is 18.5 Å². The summed E-state index contributed by atoms with van der Waals surface area (Å²) in [6.45, 7) is 6.50. The number of hydrogen-bond donors (Lipinski definition) is 2. The van der Waals surface area contributed by atoms with E-state index in [1.54, 1.807) is 0 Å². The van der Waals surface area contributed by atoms with Gasteiger partial charge in [0.2, 0.25) is 0 Å².